The lowest BCUT2D eigenvalue weighted by molar-refractivity contribution is 0.0774. The highest BCUT2D eigenvalue weighted by molar-refractivity contribution is 7.16. The Morgan fingerprint density at radius 3 is 3.09 bits per heavy atom. The molecule has 1 aliphatic carbocycles. The van der Waals surface area contributed by atoms with Crippen LogP contribution < -0.4 is 10.6 Å². The molecule has 3 rings (SSSR count). The van der Waals surface area contributed by atoms with Crippen LogP contribution >= 0.6 is 11.3 Å². The fraction of sp³-hybridized carbons (Fsp3) is 0.625. The van der Waals surface area contributed by atoms with Crippen LogP contribution in [0.5, 0.6) is 0 Å². The zero-order chi connectivity index (χ0) is 16.2. The van der Waals surface area contributed by atoms with Gasteiger partial charge in [0.2, 0.25) is 0 Å². The topological polar surface area (TPSA) is 83.4 Å². The molecule has 2 atom stereocenters. The van der Waals surface area contributed by atoms with Crippen molar-refractivity contribution in [2.75, 3.05) is 25.5 Å². The van der Waals surface area contributed by atoms with Crippen molar-refractivity contribution in [3.63, 3.8) is 0 Å². The van der Waals surface area contributed by atoms with Gasteiger partial charge in [0.1, 0.15) is 17.2 Å². The van der Waals surface area contributed by atoms with Crippen LogP contribution in [0.2, 0.25) is 0 Å². The van der Waals surface area contributed by atoms with Crippen LogP contribution in [-0.2, 0) is 22.3 Å². The van der Waals surface area contributed by atoms with Gasteiger partial charge in [-0.3, -0.25) is 0 Å². The molecular weight excluding hydrogens is 314 g/mol. The molecule has 0 bridgehead atoms. The number of rotatable bonds is 4. The van der Waals surface area contributed by atoms with E-state index in [1.54, 1.807) is 11.3 Å². The van der Waals surface area contributed by atoms with E-state index < -0.39 is 0 Å². The van der Waals surface area contributed by atoms with E-state index in [0.29, 0.717) is 13.0 Å². The number of anilines is 1. The average Bonchev–Trinajstić information content (AvgIpc) is 3.19. The fourth-order valence-electron chi connectivity index (χ4n) is 3.15. The molecule has 2 aliphatic rings. The Labute approximate surface area is 139 Å². The first kappa shape index (κ1) is 16.1. The Kier molecular flexibility index (Phi) is 5.03. The highest BCUT2D eigenvalue weighted by atomic mass is 32.1. The number of fused-ring (bicyclic) bond motifs is 1. The minimum atomic E-state index is -0.375. The summed E-state index contributed by atoms with van der Waals surface area (Å²) in [6.45, 7) is 1.29. The van der Waals surface area contributed by atoms with Crippen molar-refractivity contribution >= 4 is 22.4 Å². The number of thiophene rings is 1. The molecule has 0 saturated carbocycles. The average molecular weight is 335 g/mol. The molecule has 1 aromatic heterocycles. The van der Waals surface area contributed by atoms with E-state index >= 15 is 0 Å². The molecule has 124 valence electrons. The molecule has 1 fully saturated rings. The molecule has 0 aromatic carbocycles. The summed E-state index contributed by atoms with van der Waals surface area (Å²) in [4.78, 5) is 13.1. The van der Waals surface area contributed by atoms with E-state index in [2.05, 4.69) is 16.7 Å². The molecule has 23 heavy (non-hydrogen) atoms. The number of nitrogens with zero attached hydrogens (tertiary/aromatic N) is 1. The summed E-state index contributed by atoms with van der Waals surface area (Å²) in [6, 6.07) is 2.28. The fourth-order valence-corrected chi connectivity index (χ4v) is 4.36. The second-order valence-corrected chi connectivity index (χ2v) is 6.96. The number of nitriles is 1. The van der Waals surface area contributed by atoms with Crippen molar-refractivity contribution in [3.8, 4) is 6.07 Å². The van der Waals surface area contributed by atoms with Crippen LogP contribution in [0, 0.1) is 11.3 Å². The van der Waals surface area contributed by atoms with Crippen LogP contribution in [0.1, 0.15) is 35.3 Å². The summed E-state index contributed by atoms with van der Waals surface area (Å²) in [5.74, 6) is 0. The van der Waals surface area contributed by atoms with Crippen molar-refractivity contribution < 1.29 is 14.3 Å². The number of nitrogens with one attached hydrogen (secondary N) is 2. The summed E-state index contributed by atoms with van der Waals surface area (Å²) in [6.07, 6.45) is 3.89. The quantitative estimate of drug-likeness (QED) is 0.883. The lowest BCUT2D eigenvalue weighted by atomic mass is 9.94. The zero-order valence-corrected chi connectivity index (χ0v) is 14.0. The number of ether oxygens (including phenoxy) is 2. The Hall–Kier alpha value is -1.78. The van der Waals surface area contributed by atoms with Crippen LogP contribution in [0.25, 0.3) is 0 Å². The van der Waals surface area contributed by atoms with Crippen LogP contribution in [0.3, 0.4) is 0 Å². The molecule has 0 spiro atoms. The van der Waals surface area contributed by atoms with Crippen molar-refractivity contribution in [1.82, 2.24) is 5.32 Å². The molecule has 1 aromatic rings. The van der Waals surface area contributed by atoms with Crippen molar-refractivity contribution in [2.24, 2.45) is 0 Å². The van der Waals surface area contributed by atoms with Crippen molar-refractivity contribution in [1.29, 1.82) is 5.26 Å². The van der Waals surface area contributed by atoms with Crippen LogP contribution in [0.4, 0.5) is 9.80 Å². The van der Waals surface area contributed by atoms with E-state index in [9.17, 15) is 10.1 Å². The van der Waals surface area contributed by atoms with Crippen molar-refractivity contribution in [2.45, 2.75) is 44.3 Å². The van der Waals surface area contributed by atoms with E-state index in [1.165, 1.54) is 0 Å². The van der Waals surface area contributed by atoms with Gasteiger partial charge in [-0.1, -0.05) is 0 Å². The highest BCUT2D eigenvalue weighted by Crippen LogP contribution is 2.38. The van der Waals surface area contributed by atoms with E-state index in [-0.39, 0.29) is 18.3 Å². The number of hydrogen-bond acceptors (Lipinski definition) is 6. The smallest absolute Gasteiger partial charge is 0.407 e. The van der Waals surface area contributed by atoms with Gasteiger partial charge in [-0.25, -0.2) is 4.79 Å². The second kappa shape index (κ2) is 7.20. The molecule has 1 amide bonds. The number of amides is 1. The normalized spacial score (nSPS) is 23.0. The predicted molar refractivity (Wildman–Crippen MR) is 87.9 cm³/mol. The van der Waals surface area contributed by atoms with Gasteiger partial charge in [0.15, 0.2) is 0 Å². The van der Waals surface area contributed by atoms with Gasteiger partial charge in [-0.05, 0) is 31.2 Å². The maximum Gasteiger partial charge on any atom is 0.407 e. The van der Waals surface area contributed by atoms with Gasteiger partial charge in [0.05, 0.1) is 11.7 Å². The Morgan fingerprint density at radius 1 is 1.52 bits per heavy atom. The van der Waals surface area contributed by atoms with Crippen LogP contribution in [-0.4, -0.2) is 38.5 Å². The number of alkyl carbamates (subject to hydrolysis) is 1. The first-order valence-corrected chi connectivity index (χ1v) is 8.81. The number of carbonyl (C=O) groups excluding carboxylic acids is 1. The summed E-state index contributed by atoms with van der Waals surface area (Å²) in [7, 11) is 1.82. The first-order chi connectivity index (χ1) is 11.2. The van der Waals surface area contributed by atoms with Gasteiger partial charge in [0, 0.05) is 31.5 Å². The maximum atomic E-state index is 11.9. The minimum Gasteiger partial charge on any atom is -0.446 e. The predicted octanol–water partition coefficient (Wildman–Crippen LogP) is 2.42. The van der Waals surface area contributed by atoms with Gasteiger partial charge in [-0.2, -0.15) is 5.26 Å². The Bertz CT molecular complexity index is 617. The summed E-state index contributed by atoms with van der Waals surface area (Å²) >= 11 is 1.59. The molecule has 2 unspecified atom stereocenters. The molecule has 1 saturated heterocycles. The van der Waals surface area contributed by atoms with Gasteiger partial charge >= 0.3 is 6.09 Å². The maximum absolute atomic E-state index is 11.9. The molecular formula is C16H21N3O3S. The number of hydrogen-bond donors (Lipinski definition) is 2. The Balaban J connectivity index is 1.54. The highest BCUT2D eigenvalue weighted by Gasteiger charge is 2.28. The molecule has 1 aliphatic heterocycles. The molecule has 2 N–H and O–H groups in total. The third-order valence-corrected chi connectivity index (χ3v) is 5.60. The summed E-state index contributed by atoms with van der Waals surface area (Å²) in [5.41, 5.74) is 1.86. The molecule has 6 nitrogen and oxygen atoms in total. The van der Waals surface area contributed by atoms with Crippen molar-refractivity contribution in [3.05, 3.63) is 16.0 Å². The molecule has 2 heterocycles. The van der Waals surface area contributed by atoms with E-state index in [1.807, 2.05) is 7.05 Å². The summed E-state index contributed by atoms with van der Waals surface area (Å²) in [5, 5.41) is 16.1. The molecule has 0 radical (unpaired) electrons. The van der Waals surface area contributed by atoms with E-state index in [0.717, 1.165) is 53.3 Å². The molecule has 7 heteroatoms. The van der Waals surface area contributed by atoms with Crippen LogP contribution in [0.15, 0.2) is 0 Å². The zero-order valence-electron chi connectivity index (χ0n) is 13.2. The lowest BCUT2D eigenvalue weighted by Crippen LogP contribution is -2.36. The first-order valence-electron chi connectivity index (χ1n) is 7.99. The number of carbonyl (C=O) groups is 1. The van der Waals surface area contributed by atoms with Gasteiger partial charge < -0.3 is 20.1 Å². The third kappa shape index (κ3) is 3.59. The van der Waals surface area contributed by atoms with Gasteiger partial charge in [-0.15, -0.1) is 11.3 Å². The van der Waals surface area contributed by atoms with E-state index in [4.69, 9.17) is 9.47 Å². The summed E-state index contributed by atoms with van der Waals surface area (Å²) < 4.78 is 11.0. The largest absolute Gasteiger partial charge is 0.446 e. The lowest BCUT2D eigenvalue weighted by Gasteiger charge is -2.23. The minimum absolute atomic E-state index is 0.120. The third-order valence-electron chi connectivity index (χ3n) is 4.33. The van der Waals surface area contributed by atoms with Gasteiger partial charge in [0.25, 0.3) is 0 Å². The second-order valence-electron chi connectivity index (χ2n) is 5.86. The standard InChI is InChI=1S/C16H21N3O3S/c1-18-15-13(8-17)12-5-4-10(7-14(12)23-15)22-16(20)19-9-11-3-2-6-21-11/h10-11,18H,2-7,9H2,1H3,(H,19,20). The SMILES string of the molecule is CNc1sc2c(c1C#N)CCC(OC(=O)NCC1CCCO1)C2. The Morgan fingerprint density at radius 2 is 2.39 bits per heavy atom. The monoisotopic (exact) mass is 335 g/mol.